The molecule has 0 spiro atoms. The average molecular weight is 209 g/mol. The Labute approximate surface area is 76.8 Å². The van der Waals surface area contributed by atoms with Crippen LogP contribution in [0.3, 0.4) is 0 Å². The van der Waals surface area contributed by atoms with Crippen molar-refractivity contribution in [2.45, 2.75) is 50.0 Å². The van der Waals surface area contributed by atoms with E-state index in [1.807, 2.05) is 0 Å². The number of rotatable bonds is 4. The Balaban J connectivity index is 3.47. The predicted molar refractivity (Wildman–Crippen MR) is 54.0 cm³/mol. The van der Waals surface area contributed by atoms with Crippen LogP contribution in [0.1, 0.15) is 40.0 Å². The minimum atomic E-state index is -1.03. The summed E-state index contributed by atoms with van der Waals surface area (Å²) >= 11 is -1.03. The fraction of sp³-hybridized carbons (Fsp3) is 0.800. The van der Waals surface area contributed by atoms with Gasteiger partial charge in [-0.2, -0.15) is 0 Å². The van der Waals surface area contributed by atoms with Gasteiger partial charge in [-0.3, -0.25) is 0 Å². The van der Waals surface area contributed by atoms with Gasteiger partial charge in [-0.1, -0.05) is 0 Å². The third-order valence-electron chi connectivity index (χ3n) is 1.95. The third kappa shape index (κ3) is 6.59. The molecule has 0 saturated heterocycles. The van der Waals surface area contributed by atoms with Crippen molar-refractivity contribution in [3.8, 4) is 10.4 Å². The standard InChI is InChI=1S/C6H9.2C2H5.Ga/c1-3-5-6-4-2;2*1-2;/h3,5-6H2,1H3;2*1H2,2H3;. The maximum absolute atomic E-state index is 3.49. The number of unbranched alkanes of at least 4 members (excludes halogenated alkanes) is 2. The van der Waals surface area contributed by atoms with Crippen molar-refractivity contribution < 1.29 is 0 Å². The van der Waals surface area contributed by atoms with Crippen molar-refractivity contribution in [3.05, 3.63) is 0 Å². The molecule has 11 heavy (non-hydrogen) atoms. The van der Waals surface area contributed by atoms with E-state index in [0.717, 1.165) is 6.42 Å². The molecule has 0 bridgehead atoms. The normalized spacial score (nSPS) is 8.64. The molecule has 0 rings (SSSR count). The molecule has 0 heterocycles. The molecule has 0 aromatic rings. The molecule has 0 saturated carbocycles. The monoisotopic (exact) mass is 208 g/mol. The fourth-order valence-corrected chi connectivity index (χ4v) is 3.95. The molecule has 0 aliphatic rings. The van der Waals surface area contributed by atoms with Gasteiger partial charge in [0.05, 0.1) is 0 Å². The van der Waals surface area contributed by atoms with E-state index in [0.29, 0.717) is 0 Å². The van der Waals surface area contributed by atoms with Crippen LogP contribution in [0.15, 0.2) is 0 Å². The van der Waals surface area contributed by atoms with E-state index in [1.165, 1.54) is 22.8 Å². The van der Waals surface area contributed by atoms with E-state index in [-0.39, 0.29) is 0 Å². The topological polar surface area (TPSA) is 0 Å². The first-order valence-corrected chi connectivity index (χ1v) is 9.47. The van der Waals surface area contributed by atoms with Gasteiger partial charge in [0.25, 0.3) is 0 Å². The van der Waals surface area contributed by atoms with Crippen LogP contribution in [0.25, 0.3) is 0 Å². The summed E-state index contributed by atoms with van der Waals surface area (Å²) < 4.78 is 3.49. The van der Waals surface area contributed by atoms with Crippen molar-refractivity contribution in [1.29, 1.82) is 0 Å². The number of hydrogen-bond donors (Lipinski definition) is 0. The summed E-state index contributed by atoms with van der Waals surface area (Å²) in [6, 6.07) is 0. The predicted octanol–water partition coefficient (Wildman–Crippen LogP) is 3.25. The van der Waals surface area contributed by atoms with Crippen LogP contribution in [-0.4, -0.2) is 16.2 Å². The summed E-state index contributed by atoms with van der Waals surface area (Å²) in [7, 11) is 0. The van der Waals surface area contributed by atoms with Gasteiger partial charge in [0, 0.05) is 0 Å². The first kappa shape index (κ1) is 11.2. The van der Waals surface area contributed by atoms with Crippen molar-refractivity contribution in [1.82, 2.24) is 0 Å². The maximum atomic E-state index is 3.49. The van der Waals surface area contributed by atoms with Gasteiger partial charge in [-0.25, -0.2) is 0 Å². The zero-order valence-corrected chi connectivity index (χ0v) is 10.5. The average Bonchev–Trinajstić information content (AvgIpc) is 2.05. The molecule has 0 aromatic carbocycles. The van der Waals surface area contributed by atoms with Crippen LogP contribution in [0.2, 0.25) is 9.95 Å². The summed E-state index contributed by atoms with van der Waals surface area (Å²) in [4.78, 5) is 2.78. The molecule has 0 amide bonds. The molecule has 0 atom stereocenters. The quantitative estimate of drug-likeness (QED) is 0.378. The molecule has 0 aliphatic heterocycles. The molecule has 0 unspecified atom stereocenters. The van der Waals surface area contributed by atoms with Crippen LogP contribution in [0, 0.1) is 10.4 Å². The minimum absolute atomic E-state index is 1.03. The Morgan fingerprint density at radius 3 is 2.18 bits per heavy atom. The van der Waals surface area contributed by atoms with E-state index in [1.54, 1.807) is 0 Å². The van der Waals surface area contributed by atoms with Crippen LogP contribution >= 0.6 is 0 Å². The molecule has 0 N–H and O–H groups in total. The Bertz CT molecular complexity index is 126. The van der Waals surface area contributed by atoms with Gasteiger partial charge in [0.15, 0.2) is 0 Å². The van der Waals surface area contributed by atoms with Gasteiger partial charge >= 0.3 is 76.6 Å². The summed E-state index contributed by atoms with van der Waals surface area (Å²) in [5, 5.41) is 0. The Hall–Kier alpha value is 0.196. The third-order valence-corrected chi connectivity index (χ3v) is 7.37. The van der Waals surface area contributed by atoms with Gasteiger partial charge in [-0.15, -0.1) is 0 Å². The van der Waals surface area contributed by atoms with Crippen molar-refractivity contribution in [2.75, 3.05) is 0 Å². The molecule has 0 radical (unpaired) electrons. The molecule has 0 fully saturated rings. The van der Waals surface area contributed by atoms with Crippen molar-refractivity contribution in [2.24, 2.45) is 0 Å². The van der Waals surface area contributed by atoms with Gasteiger partial charge in [0.1, 0.15) is 0 Å². The second-order valence-corrected chi connectivity index (χ2v) is 9.89. The summed E-state index contributed by atoms with van der Waals surface area (Å²) in [6.07, 6.45) is 3.71. The molecule has 0 aliphatic carbocycles. The Morgan fingerprint density at radius 1 is 1.09 bits per heavy atom. The molecule has 62 valence electrons. The fourth-order valence-electron chi connectivity index (χ4n) is 0.974. The molecule has 0 aromatic heterocycles. The van der Waals surface area contributed by atoms with Gasteiger partial charge < -0.3 is 0 Å². The summed E-state index contributed by atoms with van der Waals surface area (Å²) in [5.74, 6) is 3.32. The molecule has 0 nitrogen and oxygen atoms in total. The SMILES string of the molecule is CCCCC#[C][Ga]([CH2]C)[CH2]C. The summed E-state index contributed by atoms with van der Waals surface area (Å²) in [6.45, 7) is 6.81. The van der Waals surface area contributed by atoms with Crippen LogP contribution in [0.4, 0.5) is 0 Å². The molecular formula is C10H19Ga. The Kier molecular flexibility index (Phi) is 8.44. The molecular weight excluding hydrogens is 190 g/mol. The van der Waals surface area contributed by atoms with E-state index >= 15 is 0 Å². The van der Waals surface area contributed by atoms with Gasteiger partial charge in [0.2, 0.25) is 0 Å². The van der Waals surface area contributed by atoms with Crippen molar-refractivity contribution >= 4 is 16.2 Å². The second-order valence-electron chi connectivity index (χ2n) is 2.94. The Morgan fingerprint density at radius 2 is 1.73 bits per heavy atom. The first-order chi connectivity index (χ1) is 5.35. The zero-order valence-electron chi connectivity index (χ0n) is 8.11. The van der Waals surface area contributed by atoms with E-state index in [9.17, 15) is 0 Å². The second kappa shape index (κ2) is 8.29. The van der Waals surface area contributed by atoms with Gasteiger partial charge in [-0.05, 0) is 0 Å². The zero-order chi connectivity index (χ0) is 8.53. The van der Waals surface area contributed by atoms with Crippen LogP contribution in [0.5, 0.6) is 0 Å². The van der Waals surface area contributed by atoms with E-state index in [4.69, 9.17) is 0 Å². The molecule has 1 heteroatoms. The van der Waals surface area contributed by atoms with Crippen LogP contribution < -0.4 is 0 Å². The van der Waals surface area contributed by atoms with E-state index < -0.39 is 16.2 Å². The van der Waals surface area contributed by atoms with Crippen LogP contribution in [-0.2, 0) is 0 Å². The number of hydrogen-bond acceptors (Lipinski definition) is 0. The van der Waals surface area contributed by atoms with E-state index in [2.05, 4.69) is 31.2 Å². The van der Waals surface area contributed by atoms with Crippen molar-refractivity contribution in [3.63, 3.8) is 0 Å². The summed E-state index contributed by atoms with van der Waals surface area (Å²) in [5.41, 5.74) is 0. The first-order valence-electron chi connectivity index (χ1n) is 4.83.